The van der Waals surface area contributed by atoms with E-state index < -0.39 is 11.6 Å². The van der Waals surface area contributed by atoms with Crippen LogP contribution >= 0.6 is 11.6 Å². The number of imide groups is 1. The first-order valence-corrected chi connectivity index (χ1v) is 10.2. The molecule has 0 aliphatic carbocycles. The zero-order valence-corrected chi connectivity index (χ0v) is 17.6. The van der Waals surface area contributed by atoms with Gasteiger partial charge in [0.05, 0.1) is 12.2 Å². The summed E-state index contributed by atoms with van der Waals surface area (Å²) in [4.78, 5) is 31.3. The first kappa shape index (κ1) is 20.2. The van der Waals surface area contributed by atoms with Crippen LogP contribution in [-0.4, -0.2) is 21.8 Å². The highest BCUT2D eigenvalue weighted by molar-refractivity contribution is 6.30. The van der Waals surface area contributed by atoms with E-state index >= 15 is 0 Å². The number of aryl methyl sites for hydroxylation is 1. The van der Waals surface area contributed by atoms with Gasteiger partial charge in [-0.25, -0.2) is 9.78 Å². The highest BCUT2D eigenvalue weighted by Crippen LogP contribution is 2.30. The second-order valence-corrected chi connectivity index (χ2v) is 7.98. The first-order chi connectivity index (χ1) is 14.4. The Balaban J connectivity index is 1.52. The molecular formula is C23H22ClN3O3. The lowest BCUT2D eigenvalue weighted by molar-refractivity contribution is -0.131. The standard InChI is InChI=1S/C23H22ClN3O3/c1-3-4-15-5-9-17(10-6-15)23(2)21(28)27(22(29)26-23)13-19-14-30-20(25-19)16-7-11-18(24)12-8-16/h5-12,14H,3-4,13H2,1-2H3,(H,26,29). The van der Waals surface area contributed by atoms with Crippen LogP contribution in [0.3, 0.4) is 0 Å². The molecule has 2 aromatic carbocycles. The summed E-state index contributed by atoms with van der Waals surface area (Å²) in [6.07, 6.45) is 3.49. The van der Waals surface area contributed by atoms with Crippen LogP contribution in [0.1, 0.15) is 37.1 Å². The number of nitrogens with zero attached hydrogens (tertiary/aromatic N) is 2. The molecule has 0 saturated carbocycles. The van der Waals surface area contributed by atoms with Gasteiger partial charge in [-0.2, -0.15) is 0 Å². The summed E-state index contributed by atoms with van der Waals surface area (Å²) in [5, 5.41) is 3.44. The van der Waals surface area contributed by atoms with Crippen molar-refractivity contribution in [3.8, 4) is 11.5 Å². The minimum atomic E-state index is -1.11. The van der Waals surface area contributed by atoms with Crippen LogP contribution < -0.4 is 5.32 Å². The molecular weight excluding hydrogens is 402 g/mol. The lowest BCUT2D eigenvalue weighted by Crippen LogP contribution is -2.40. The summed E-state index contributed by atoms with van der Waals surface area (Å²) in [5.41, 5.74) is 2.11. The fourth-order valence-corrected chi connectivity index (χ4v) is 3.72. The number of aromatic nitrogens is 1. The van der Waals surface area contributed by atoms with Gasteiger partial charge in [0, 0.05) is 10.6 Å². The minimum absolute atomic E-state index is 0.0330. The van der Waals surface area contributed by atoms with Crippen LogP contribution in [-0.2, 0) is 23.3 Å². The van der Waals surface area contributed by atoms with Crippen LogP contribution in [0.25, 0.3) is 11.5 Å². The van der Waals surface area contributed by atoms with E-state index in [-0.39, 0.29) is 12.5 Å². The van der Waals surface area contributed by atoms with Gasteiger partial charge in [-0.15, -0.1) is 0 Å². The SMILES string of the molecule is CCCc1ccc(C2(C)NC(=O)N(Cc3coc(-c4ccc(Cl)cc4)n3)C2=O)cc1. The Morgan fingerprint density at radius 3 is 2.47 bits per heavy atom. The van der Waals surface area contributed by atoms with Crippen molar-refractivity contribution in [2.75, 3.05) is 0 Å². The molecule has 0 radical (unpaired) electrons. The molecule has 1 aromatic heterocycles. The fourth-order valence-electron chi connectivity index (χ4n) is 3.60. The summed E-state index contributed by atoms with van der Waals surface area (Å²) in [6.45, 7) is 3.88. The van der Waals surface area contributed by atoms with Gasteiger partial charge < -0.3 is 9.73 Å². The van der Waals surface area contributed by atoms with Crippen LogP contribution in [0.5, 0.6) is 0 Å². The summed E-state index contributed by atoms with van der Waals surface area (Å²) >= 11 is 5.91. The smallest absolute Gasteiger partial charge is 0.325 e. The van der Waals surface area contributed by atoms with E-state index in [0.717, 1.165) is 24.0 Å². The van der Waals surface area contributed by atoms with E-state index in [2.05, 4.69) is 17.2 Å². The molecule has 3 amide bonds. The number of carbonyl (C=O) groups excluding carboxylic acids is 2. The molecule has 154 valence electrons. The van der Waals surface area contributed by atoms with Crippen LogP contribution in [0.15, 0.2) is 59.2 Å². The molecule has 1 atom stereocenters. The summed E-state index contributed by atoms with van der Waals surface area (Å²) in [5.74, 6) is 0.0924. The zero-order chi connectivity index (χ0) is 21.3. The highest BCUT2D eigenvalue weighted by Gasteiger charge is 2.49. The molecule has 1 fully saturated rings. The average Bonchev–Trinajstić information content (AvgIpc) is 3.29. The Morgan fingerprint density at radius 2 is 1.80 bits per heavy atom. The third-order valence-electron chi connectivity index (χ3n) is 5.31. The molecule has 1 saturated heterocycles. The third-order valence-corrected chi connectivity index (χ3v) is 5.56. The Morgan fingerprint density at radius 1 is 1.10 bits per heavy atom. The van der Waals surface area contributed by atoms with E-state index in [9.17, 15) is 9.59 Å². The molecule has 7 heteroatoms. The zero-order valence-electron chi connectivity index (χ0n) is 16.8. The van der Waals surface area contributed by atoms with Gasteiger partial charge in [0.15, 0.2) is 0 Å². The second kappa shape index (κ2) is 7.95. The number of oxazole rings is 1. The second-order valence-electron chi connectivity index (χ2n) is 7.54. The van der Waals surface area contributed by atoms with E-state index in [4.69, 9.17) is 16.0 Å². The van der Waals surface area contributed by atoms with Crippen molar-refractivity contribution >= 4 is 23.5 Å². The number of rotatable bonds is 6. The van der Waals surface area contributed by atoms with Gasteiger partial charge in [-0.1, -0.05) is 49.2 Å². The third kappa shape index (κ3) is 3.71. The van der Waals surface area contributed by atoms with Gasteiger partial charge in [0.2, 0.25) is 5.89 Å². The summed E-state index contributed by atoms with van der Waals surface area (Å²) in [6, 6.07) is 14.4. The normalized spacial score (nSPS) is 18.7. The van der Waals surface area contributed by atoms with Crippen molar-refractivity contribution in [3.05, 3.63) is 76.6 Å². The molecule has 3 aromatic rings. The largest absolute Gasteiger partial charge is 0.444 e. The first-order valence-electron chi connectivity index (χ1n) is 9.84. The van der Waals surface area contributed by atoms with Gasteiger partial charge in [0.1, 0.15) is 11.8 Å². The lowest BCUT2D eigenvalue weighted by atomic mass is 9.91. The van der Waals surface area contributed by atoms with E-state index in [1.165, 1.54) is 16.7 Å². The minimum Gasteiger partial charge on any atom is -0.444 e. The van der Waals surface area contributed by atoms with E-state index in [1.54, 1.807) is 31.2 Å². The topological polar surface area (TPSA) is 75.4 Å². The number of urea groups is 1. The van der Waals surface area contributed by atoms with E-state index in [1.807, 2.05) is 24.3 Å². The fraction of sp³-hybridized carbons (Fsp3) is 0.261. The van der Waals surface area contributed by atoms with Crippen molar-refractivity contribution in [2.24, 2.45) is 0 Å². The molecule has 6 nitrogen and oxygen atoms in total. The maximum Gasteiger partial charge on any atom is 0.325 e. The van der Waals surface area contributed by atoms with Crippen LogP contribution in [0, 0.1) is 0 Å². The van der Waals surface area contributed by atoms with Gasteiger partial charge >= 0.3 is 6.03 Å². The molecule has 1 aliphatic rings. The quantitative estimate of drug-likeness (QED) is 0.571. The number of carbonyl (C=O) groups is 2. The number of halogens is 1. The van der Waals surface area contributed by atoms with Crippen molar-refractivity contribution in [1.29, 1.82) is 0 Å². The van der Waals surface area contributed by atoms with Gasteiger partial charge in [0.25, 0.3) is 5.91 Å². The molecule has 1 aliphatic heterocycles. The summed E-state index contributed by atoms with van der Waals surface area (Å²) in [7, 11) is 0. The average molecular weight is 424 g/mol. The molecule has 1 unspecified atom stereocenters. The van der Waals surface area contributed by atoms with E-state index in [0.29, 0.717) is 16.6 Å². The molecule has 4 rings (SSSR count). The maximum atomic E-state index is 13.1. The molecule has 2 heterocycles. The Hall–Kier alpha value is -3.12. The predicted octanol–water partition coefficient (Wildman–Crippen LogP) is 4.91. The van der Waals surface area contributed by atoms with Crippen molar-refractivity contribution < 1.29 is 14.0 Å². The molecule has 30 heavy (non-hydrogen) atoms. The highest BCUT2D eigenvalue weighted by atomic mass is 35.5. The Bertz CT molecular complexity index is 1080. The number of hydrogen-bond donors (Lipinski definition) is 1. The molecule has 1 N–H and O–H groups in total. The molecule has 0 spiro atoms. The Labute approximate surface area is 179 Å². The van der Waals surface area contributed by atoms with Crippen molar-refractivity contribution in [3.63, 3.8) is 0 Å². The maximum absolute atomic E-state index is 13.1. The van der Waals surface area contributed by atoms with Gasteiger partial charge in [-0.05, 0) is 48.7 Å². The monoisotopic (exact) mass is 423 g/mol. The number of hydrogen-bond acceptors (Lipinski definition) is 4. The Kier molecular flexibility index (Phi) is 5.35. The number of amides is 3. The number of nitrogens with one attached hydrogen (secondary N) is 1. The lowest BCUT2D eigenvalue weighted by Gasteiger charge is -2.22. The van der Waals surface area contributed by atoms with Crippen molar-refractivity contribution in [1.82, 2.24) is 15.2 Å². The molecule has 0 bridgehead atoms. The van der Waals surface area contributed by atoms with Gasteiger partial charge in [-0.3, -0.25) is 9.69 Å². The number of benzene rings is 2. The predicted molar refractivity (Wildman–Crippen MR) is 114 cm³/mol. The van der Waals surface area contributed by atoms with Crippen LogP contribution in [0.2, 0.25) is 5.02 Å². The summed E-state index contributed by atoms with van der Waals surface area (Å²) < 4.78 is 5.52. The van der Waals surface area contributed by atoms with Crippen molar-refractivity contribution in [2.45, 2.75) is 38.8 Å². The van der Waals surface area contributed by atoms with Crippen LogP contribution in [0.4, 0.5) is 4.79 Å².